The molecule has 1 amide bonds. The fourth-order valence-electron chi connectivity index (χ4n) is 1.89. The predicted octanol–water partition coefficient (Wildman–Crippen LogP) is 0.875. The first-order chi connectivity index (χ1) is 9.75. The number of nitrogens with one attached hydrogen (secondary N) is 1. The molecule has 0 aliphatic heterocycles. The van der Waals surface area contributed by atoms with E-state index in [0.29, 0.717) is 19.5 Å². The third kappa shape index (κ3) is 4.47. The molecule has 0 bridgehead atoms. The average molecular weight is 273 g/mol. The van der Waals surface area contributed by atoms with Crippen molar-refractivity contribution in [1.82, 2.24) is 20.3 Å². The first-order valence-corrected chi connectivity index (χ1v) is 6.67. The zero-order chi connectivity index (χ0) is 14.2. The van der Waals surface area contributed by atoms with E-state index in [4.69, 9.17) is 5.73 Å². The molecule has 3 N–H and O–H groups in total. The lowest BCUT2D eigenvalue weighted by Gasteiger charge is -2.12. The van der Waals surface area contributed by atoms with Crippen LogP contribution in [-0.4, -0.2) is 27.4 Å². The second-order valence-electron chi connectivity index (χ2n) is 4.57. The Labute approximate surface area is 118 Å². The molecular weight excluding hydrogens is 254 g/mol. The van der Waals surface area contributed by atoms with E-state index in [1.165, 1.54) is 0 Å². The summed E-state index contributed by atoms with van der Waals surface area (Å²) in [5.41, 5.74) is 7.15. The largest absolute Gasteiger partial charge is 0.356 e. The number of rotatable bonds is 7. The fourth-order valence-corrected chi connectivity index (χ4v) is 1.89. The number of carbonyl (C=O) groups is 1. The van der Waals surface area contributed by atoms with E-state index in [1.54, 1.807) is 17.1 Å². The van der Waals surface area contributed by atoms with Gasteiger partial charge in [-0.3, -0.25) is 9.48 Å². The van der Waals surface area contributed by atoms with Gasteiger partial charge in [-0.05, 0) is 12.0 Å². The van der Waals surface area contributed by atoms with Crippen LogP contribution in [0, 0.1) is 0 Å². The molecule has 1 aromatic carbocycles. The average Bonchev–Trinajstić information content (AvgIpc) is 2.99. The van der Waals surface area contributed by atoms with Gasteiger partial charge in [-0.15, -0.1) is 5.10 Å². The Kier molecular flexibility index (Phi) is 5.25. The number of nitrogens with zero attached hydrogens (tertiary/aromatic N) is 3. The molecule has 1 atom stereocenters. The first kappa shape index (κ1) is 14.2. The number of hydrogen-bond acceptors (Lipinski definition) is 4. The minimum absolute atomic E-state index is 0.000705. The summed E-state index contributed by atoms with van der Waals surface area (Å²) in [6.45, 7) is 1.11. The van der Waals surface area contributed by atoms with E-state index < -0.39 is 0 Å². The summed E-state index contributed by atoms with van der Waals surface area (Å²) in [4.78, 5) is 11.6. The number of hydrogen-bond donors (Lipinski definition) is 2. The Morgan fingerprint density at radius 2 is 2.15 bits per heavy atom. The maximum absolute atomic E-state index is 11.6. The lowest BCUT2D eigenvalue weighted by Crippen LogP contribution is -2.28. The third-order valence-corrected chi connectivity index (χ3v) is 3.05. The van der Waals surface area contributed by atoms with Crippen LogP contribution in [0.5, 0.6) is 0 Å². The number of nitrogens with two attached hydrogens (primary N) is 1. The van der Waals surface area contributed by atoms with Gasteiger partial charge in [-0.25, -0.2) is 0 Å². The van der Waals surface area contributed by atoms with Crippen LogP contribution in [0.25, 0.3) is 0 Å². The highest BCUT2D eigenvalue weighted by atomic mass is 16.1. The summed E-state index contributed by atoms with van der Waals surface area (Å²) in [6, 6.07) is 9.83. The molecule has 0 spiro atoms. The first-order valence-electron chi connectivity index (χ1n) is 6.67. The summed E-state index contributed by atoms with van der Waals surface area (Å²) in [5.74, 6) is 0.000705. The Hall–Kier alpha value is -2.21. The van der Waals surface area contributed by atoms with Gasteiger partial charge in [-0.2, -0.15) is 0 Å². The summed E-state index contributed by atoms with van der Waals surface area (Å²) < 4.78 is 1.63. The van der Waals surface area contributed by atoms with Crippen LogP contribution < -0.4 is 11.1 Å². The Morgan fingerprint density at radius 1 is 1.35 bits per heavy atom. The van der Waals surface area contributed by atoms with Gasteiger partial charge >= 0.3 is 0 Å². The molecule has 0 saturated heterocycles. The Bertz CT molecular complexity index is 512. The second-order valence-corrected chi connectivity index (χ2v) is 4.57. The van der Waals surface area contributed by atoms with Gasteiger partial charge < -0.3 is 11.1 Å². The molecule has 0 aliphatic rings. The summed E-state index contributed by atoms with van der Waals surface area (Å²) in [6.07, 6.45) is 4.44. The van der Waals surface area contributed by atoms with E-state index in [9.17, 15) is 4.79 Å². The van der Waals surface area contributed by atoms with Crippen LogP contribution in [0.2, 0.25) is 0 Å². The Balaban J connectivity index is 1.64. The van der Waals surface area contributed by atoms with Gasteiger partial charge in [-0.1, -0.05) is 35.5 Å². The molecule has 1 aromatic heterocycles. The highest BCUT2D eigenvalue weighted by Crippen LogP contribution is 2.12. The topological polar surface area (TPSA) is 85.8 Å². The predicted molar refractivity (Wildman–Crippen MR) is 75.6 cm³/mol. The fraction of sp³-hybridized carbons (Fsp3) is 0.357. The van der Waals surface area contributed by atoms with Crippen molar-refractivity contribution < 1.29 is 4.79 Å². The standard InChI is InChI=1S/C14H19N5O/c15-13(12-4-2-1-3-5-12)6-8-16-14(20)7-10-19-11-9-17-18-19/h1-5,9,11,13H,6-8,10,15H2,(H,16,20). The smallest absolute Gasteiger partial charge is 0.221 e. The van der Waals surface area contributed by atoms with Crippen molar-refractivity contribution in [3.63, 3.8) is 0 Å². The van der Waals surface area contributed by atoms with E-state index >= 15 is 0 Å². The van der Waals surface area contributed by atoms with Crippen LogP contribution in [0.4, 0.5) is 0 Å². The molecule has 2 rings (SSSR count). The zero-order valence-corrected chi connectivity index (χ0v) is 11.3. The minimum Gasteiger partial charge on any atom is -0.356 e. The molecular formula is C14H19N5O. The Morgan fingerprint density at radius 3 is 2.85 bits per heavy atom. The summed E-state index contributed by atoms with van der Waals surface area (Å²) in [5, 5.41) is 10.4. The second kappa shape index (κ2) is 7.40. The van der Waals surface area contributed by atoms with Gasteiger partial charge in [0.05, 0.1) is 12.7 Å². The highest BCUT2D eigenvalue weighted by molar-refractivity contribution is 5.75. The molecule has 0 saturated carbocycles. The van der Waals surface area contributed by atoms with Gasteiger partial charge in [0.25, 0.3) is 0 Å². The monoisotopic (exact) mass is 273 g/mol. The summed E-state index contributed by atoms with van der Waals surface area (Å²) in [7, 11) is 0. The van der Waals surface area contributed by atoms with Crippen LogP contribution in [0.3, 0.4) is 0 Å². The van der Waals surface area contributed by atoms with Crippen LogP contribution in [-0.2, 0) is 11.3 Å². The van der Waals surface area contributed by atoms with Crippen molar-refractivity contribution in [2.75, 3.05) is 6.54 Å². The van der Waals surface area contributed by atoms with Gasteiger partial charge in [0.2, 0.25) is 5.91 Å². The van der Waals surface area contributed by atoms with E-state index in [0.717, 1.165) is 12.0 Å². The highest BCUT2D eigenvalue weighted by Gasteiger charge is 2.06. The molecule has 1 heterocycles. The van der Waals surface area contributed by atoms with Crippen molar-refractivity contribution in [3.05, 3.63) is 48.3 Å². The van der Waals surface area contributed by atoms with Gasteiger partial charge in [0.1, 0.15) is 0 Å². The van der Waals surface area contributed by atoms with Crippen molar-refractivity contribution in [1.29, 1.82) is 0 Å². The summed E-state index contributed by atoms with van der Waals surface area (Å²) >= 11 is 0. The van der Waals surface area contributed by atoms with E-state index in [-0.39, 0.29) is 11.9 Å². The van der Waals surface area contributed by atoms with E-state index in [1.807, 2.05) is 30.3 Å². The molecule has 0 fully saturated rings. The van der Waals surface area contributed by atoms with Crippen LogP contribution >= 0.6 is 0 Å². The molecule has 20 heavy (non-hydrogen) atoms. The molecule has 1 unspecified atom stereocenters. The third-order valence-electron chi connectivity index (χ3n) is 3.05. The number of carbonyl (C=O) groups excluding carboxylic acids is 1. The number of amides is 1. The lowest BCUT2D eigenvalue weighted by atomic mass is 10.1. The molecule has 6 heteroatoms. The van der Waals surface area contributed by atoms with Crippen molar-refractivity contribution in [3.8, 4) is 0 Å². The SMILES string of the molecule is NC(CCNC(=O)CCn1ccnn1)c1ccccc1. The maximum atomic E-state index is 11.6. The molecule has 6 nitrogen and oxygen atoms in total. The van der Waals surface area contributed by atoms with Crippen LogP contribution in [0.1, 0.15) is 24.4 Å². The normalized spacial score (nSPS) is 12.1. The lowest BCUT2D eigenvalue weighted by molar-refractivity contribution is -0.121. The van der Waals surface area contributed by atoms with Crippen molar-refractivity contribution >= 4 is 5.91 Å². The van der Waals surface area contributed by atoms with Crippen LogP contribution in [0.15, 0.2) is 42.7 Å². The van der Waals surface area contributed by atoms with Gasteiger partial charge in [0, 0.05) is 25.2 Å². The maximum Gasteiger partial charge on any atom is 0.221 e. The number of benzene rings is 1. The van der Waals surface area contributed by atoms with E-state index in [2.05, 4.69) is 15.6 Å². The molecule has 0 aliphatic carbocycles. The molecule has 0 radical (unpaired) electrons. The van der Waals surface area contributed by atoms with Crippen molar-refractivity contribution in [2.24, 2.45) is 5.73 Å². The van der Waals surface area contributed by atoms with Crippen molar-refractivity contribution in [2.45, 2.75) is 25.4 Å². The van der Waals surface area contributed by atoms with Gasteiger partial charge in [0.15, 0.2) is 0 Å². The minimum atomic E-state index is -0.0492. The number of aryl methyl sites for hydroxylation is 1. The molecule has 106 valence electrons. The molecule has 2 aromatic rings. The quantitative estimate of drug-likeness (QED) is 0.784. The number of aromatic nitrogens is 3. The zero-order valence-electron chi connectivity index (χ0n) is 11.3.